The van der Waals surface area contributed by atoms with Gasteiger partial charge in [0.25, 0.3) is 0 Å². The Hall–Kier alpha value is -0.950. The average Bonchev–Trinajstić information content (AvgIpc) is 2.66. The van der Waals surface area contributed by atoms with Crippen molar-refractivity contribution in [2.24, 2.45) is 0 Å². The Morgan fingerprint density at radius 1 is 1.20 bits per heavy atom. The highest BCUT2D eigenvalue weighted by Crippen LogP contribution is 2.36. The van der Waals surface area contributed by atoms with Gasteiger partial charge in [0.2, 0.25) is 0 Å². The van der Waals surface area contributed by atoms with E-state index >= 15 is 0 Å². The fraction of sp³-hybridized carbons (Fsp3) is 0.182. The SMILES string of the molecule is OCc1c(C(F)(F)F)nn(-c2ccc(Cl)cc2Cl)c1Cl. The Morgan fingerprint density at radius 3 is 2.30 bits per heavy atom. The minimum atomic E-state index is -4.73. The smallest absolute Gasteiger partial charge is 0.391 e. The van der Waals surface area contributed by atoms with Crippen LogP contribution in [0.4, 0.5) is 13.2 Å². The van der Waals surface area contributed by atoms with Crippen LogP contribution in [0.15, 0.2) is 18.2 Å². The van der Waals surface area contributed by atoms with Gasteiger partial charge < -0.3 is 5.11 Å². The number of rotatable bonds is 2. The third kappa shape index (κ3) is 2.74. The van der Waals surface area contributed by atoms with Gasteiger partial charge in [-0.3, -0.25) is 0 Å². The molecule has 1 aromatic heterocycles. The van der Waals surface area contributed by atoms with E-state index in [1.807, 2.05) is 0 Å². The molecule has 0 aliphatic carbocycles. The van der Waals surface area contributed by atoms with E-state index in [0.717, 1.165) is 4.68 Å². The number of benzene rings is 1. The minimum Gasteiger partial charge on any atom is -0.391 e. The number of alkyl halides is 3. The van der Waals surface area contributed by atoms with Crippen LogP contribution in [-0.4, -0.2) is 14.9 Å². The van der Waals surface area contributed by atoms with Crippen LogP contribution in [0.25, 0.3) is 5.69 Å². The molecule has 0 unspecified atom stereocenters. The minimum absolute atomic E-state index is 0.0834. The molecule has 2 rings (SSSR count). The lowest BCUT2D eigenvalue weighted by molar-refractivity contribution is -0.142. The molecule has 3 nitrogen and oxygen atoms in total. The van der Waals surface area contributed by atoms with Gasteiger partial charge in [0.1, 0.15) is 5.15 Å². The normalized spacial score (nSPS) is 11.9. The van der Waals surface area contributed by atoms with Crippen molar-refractivity contribution in [3.8, 4) is 5.69 Å². The summed E-state index contributed by atoms with van der Waals surface area (Å²) in [4.78, 5) is 0. The van der Waals surface area contributed by atoms with Crippen LogP contribution in [0.3, 0.4) is 0 Å². The van der Waals surface area contributed by atoms with Crippen LogP contribution < -0.4 is 0 Å². The molecule has 108 valence electrons. The maximum atomic E-state index is 12.8. The Morgan fingerprint density at radius 2 is 1.85 bits per heavy atom. The third-order valence-electron chi connectivity index (χ3n) is 2.49. The van der Waals surface area contributed by atoms with Gasteiger partial charge in [0, 0.05) is 10.6 Å². The topological polar surface area (TPSA) is 38.1 Å². The van der Waals surface area contributed by atoms with Crippen LogP contribution in [0.2, 0.25) is 15.2 Å². The van der Waals surface area contributed by atoms with Gasteiger partial charge >= 0.3 is 6.18 Å². The zero-order chi connectivity index (χ0) is 15.1. The monoisotopic (exact) mass is 344 g/mol. The number of aromatic nitrogens is 2. The molecule has 0 bridgehead atoms. The fourth-order valence-electron chi connectivity index (χ4n) is 1.61. The molecule has 0 aliphatic rings. The molecule has 0 saturated carbocycles. The highest BCUT2D eigenvalue weighted by Gasteiger charge is 2.39. The first-order valence-corrected chi connectivity index (χ1v) is 6.30. The Balaban J connectivity index is 2.67. The molecule has 1 heterocycles. The Bertz CT molecular complexity index is 655. The summed E-state index contributed by atoms with van der Waals surface area (Å²) in [6, 6.07) is 4.17. The highest BCUT2D eigenvalue weighted by molar-refractivity contribution is 6.36. The third-order valence-corrected chi connectivity index (χ3v) is 3.41. The molecule has 0 aliphatic heterocycles. The first kappa shape index (κ1) is 15.4. The first-order chi connectivity index (χ1) is 9.25. The van der Waals surface area contributed by atoms with E-state index in [4.69, 9.17) is 39.9 Å². The predicted molar refractivity (Wildman–Crippen MR) is 69.5 cm³/mol. The summed E-state index contributed by atoms with van der Waals surface area (Å²) < 4.78 is 39.2. The standard InChI is InChI=1S/C11H6Cl3F3N2O/c12-5-1-2-8(7(13)3-5)19-10(14)6(4-20)9(18-19)11(15,16)17/h1-3,20H,4H2. The second-order valence-corrected chi connectivity index (χ2v) is 4.98. The van der Waals surface area contributed by atoms with Crippen molar-refractivity contribution >= 4 is 34.8 Å². The molecule has 0 atom stereocenters. The molecular weight excluding hydrogens is 339 g/mol. The van der Waals surface area contributed by atoms with Crippen LogP contribution >= 0.6 is 34.8 Å². The van der Waals surface area contributed by atoms with Crippen molar-refractivity contribution in [1.82, 2.24) is 9.78 Å². The van der Waals surface area contributed by atoms with Crippen molar-refractivity contribution in [1.29, 1.82) is 0 Å². The van der Waals surface area contributed by atoms with Crippen LogP contribution in [0, 0.1) is 0 Å². The van der Waals surface area contributed by atoms with Gasteiger partial charge in [-0.05, 0) is 18.2 Å². The van der Waals surface area contributed by atoms with Gasteiger partial charge in [0.05, 0.1) is 17.3 Å². The van der Waals surface area contributed by atoms with E-state index < -0.39 is 24.0 Å². The quantitative estimate of drug-likeness (QED) is 0.879. The van der Waals surface area contributed by atoms with Gasteiger partial charge in [0.15, 0.2) is 5.69 Å². The molecule has 2 aromatic rings. The second-order valence-electron chi connectivity index (χ2n) is 3.78. The lowest BCUT2D eigenvalue weighted by atomic mass is 10.2. The van der Waals surface area contributed by atoms with Gasteiger partial charge in [-0.1, -0.05) is 34.8 Å². The molecule has 0 saturated heterocycles. The van der Waals surface area contributed by atoms with Crippen molar-refractivity contribution in [2.45, 2.75) is 12.8 Å². The second kappa shape index (κ2) is 5.44. The number of hydrogen-bond acceptors (Lipinski definition) is 2. The van der Waals surface area contributed by atoms with Gasteiger partial charge in [-0.2, -0.15) is 18.3 Å². The Labute approximate surface area is 126 Å². The molecule has 0 spiro atoms. The largest absolute Gasteiger partial charge is 0.435 e. The van der Waals surface area contributed by atoms with E-state index in [1.54, 1.807) is 0 Å². The molecular formula is C11H6Cl3F3N2O. The zero-order valence-electron chi connectivity index (χ0n) is 9.55. The summed E-state index contributed by atoms with van der Waals surface area (Å²) in [7, 11) is 0. The summed E-state index contributed by atoms with van der Waals surface area (Å²) in [6.45, 7) is -0.890. The predicted octanol–water partition coefficient (Wildman–Crippen LogP) is 4.34. The first-order valence-electron chi connectivity index (χ1n) is 5.16. The van der Waals surface area contributed by atoms with Crippen molar-refractivity contribution in [3.05, 3.63) is 44.7 Å². The average molecular weight is 346 g/mol. The molecule has 1 aromatic carbocycles. The number of hydrogen-bond donors (Lipinski definition) is 1. The zero-order valence-corrected chi connectivity index (χ0v) is 11.8. The molecule has 20 heavy (non-hydrogen) atoms. The lowest BCUT2D eigenvalue weighted by Gasteiger charge is -2.06. The van der Waals surface area contributed by atoms with E-state index in [1.165, 1.54) is 18.2 Å². The van der Waals surface area contributed by atoms with E-state index in [2.05, 4.69) is 5.10 Å². The number of aliphatic hydroxyl groups excluding tert-OH is 1. The summed E-state index contributed by atoms with van der Waals surface area (Å²) in [5.41, 5.74) is -1.63. The molecule has 1 N–H and O–H groups in total. The van der Waals surface area contributed by atoms with Crippen molar-refractivity contribution < 1.29 is 18.3 Å². The summed E-state index contributed by atoms with van der Waals surface area (Å²) in [5.74, 6) is 0. The summed E-state index contributed by atoms with van der Waals surface area (Å²) in [5, 5.41) is 12.5. The number of nitrogens with zero attached hydrogens (tertiary/aromatic N) is 2. The molecule has 0 radical (unpaired) electrons. The summed E-state index contributed by atoms with van der Waals surface area (Å²) in [6.07, 6.45) is -4.73. The van der Waals surface area contributed by atoms with Crippen molar-refractivity contribution in [2.75, 3.05) is 0 Å². The van der Waals surface area contributed by atoms with Crippen LogP contribution in [-0.2, 0) is 12.8 Å². The van der Waals surface area contributed by atoms with Gasteiger partial charge in [-0.25, -0.2) is 4.68 Å². The molecule has 9 heteroatoms. The fourth-order valence-corrected chi connectivity index (χ4v) is 2.38. The maximum Gasteiger partial charge on any atom is 0.435 e. The Kier molecular flexibility index (Phi) is 4.20. The highest BCUT2D eigenvalue weighted by atomic mass is 35.5. The number of halogens is 6. The van der Waals surface area contributed by atoms with Crippen LogP contribution in [0.1, 0.15) is 11.3 Å². The molecule has 0 amide bonds. The van der Waals surface area contributed by atoms with E-state index in [-0.39, 0.29) is 15.9 Å². The van der Waals surface area contributed by atoms with Gasteiger partial charge in [-0.15, -0.1) is 0 Å². The van der Waals surface area contributed by atoms with E-state index in [0.29, 0.717) is 5.02 Å². The van der Waals surface area contributed by atoms with Crippen LogP contribution in [0.5, 0.6) is 0 Å². The van der Waals surface area contributed by atoms with Crippen molar-refractivity contribution in [3.63, 3.8) is 0 Å². The summed E-state index contributed by atoms with van der Waals surface area (Å²) >= 11 is 17.5. The van der Waals surface area contributed by atoms with E-state index in [9.17, 15) is 13.2 Å². The number of aliphatic hydroxyl groups is 1. The maximum absolute atomic E-state index is 12.8. The molecule has 0 fully saturated rings. The lowest BCUT2D eigenvalue weighted by Crippen LogP contribution is -2.09.